The predicted molar refractivity (Wildman–Crippen MR) is 46.5 cm³/mol. The number of allylic oxidation sites excluding steroid dienone is 5. The second kappa shape index (κ2) is 3.94. The second-order valence-electron chi connectivity index (χ2n) is 2.46. The fourth-order valence-corrected chi connectivity index (χ4v) is 0.616. The highest BCUT2D eigenvalue weighted by atomic mass is 14.5. The van der Waals surface area contributed by atoms with Crippen LogP contribution >= 0.6 is 0 Å². The van der Waals surface area contributed by atoms with Crippen molar-refractivity contribution in [3.8, 4) is 0 Å². The molecule has 0 aliphatic carbocycles. The first-order valence-electron chi connectivity index (χ1n) is 3.31. The molecule has 0 amide bonds. The van der Waals surface area contributed by atoms with Gasteiger partial charge in [-0.25, -0.2) is 0 Å². The lowest BCUT2D eigenvalue weighted by Crippen LogP contribution is -1.90. The summed E-state index contributed by atoms with van der Waals surface area (Å²) in [5.74, 6) is 0. The lowest BCUT2D eigenvalue weighted by atomic mass is 10.1. The van der Waals surface area contributed by atoms with E-state index in [9.17, 15) is 0 Å². The summed E-state index contributed by atoms with van der Waals surface area (Å²) in [6, 6.07) is 0. The lowest BCUT2D eigenvalue weighted by Gasteiger charge is -1.96. The second-order valence-corrected chi connectivity index (χ2v) is 2.46. The molecule has 0 aromatic heterocycles. The Labute approximate surface area is 62.9 Å². The van der Waals surface area contributed by atoms with Crippen LogP contribution in [0.3, 0.4) is 0 Å². The predicted octanol–water partition coefficient (Wildman–Crippen LogP) is 2.37. The van der Waals surface area contributed by atoms with E-state index >= 15 is 0 Å². The first-order valence-corrected chi connectivity index (χ1v) is 3.31. The van der Waals surface area contributed by atoms with Gasteiger partial charge in [-0.3, -0.25) is 0 Å². The molecule has 0 bridgehead atoms. The van der Waals surface area contributed by atoms with Gasteiger partial charge in [-0.05, 0) is 38.0 Å². The third-order valence-corrected chi connectivity index (χ3v) is 1.37. The van der Waals surface area contributed by atoms with Crippen LogP contribution in [0, 0.1) is 0 Å². The van der Waals surface area contributed by atoms with E-state index < -0.39 is 0 Å². The van der Waals surface area contributed by atoms with E-state index in [1.54, 1.807) is 0 Å². The largest absolute Gasteiger partial charge is 0.402 e. The van der Waals surface area contributed by atoms with Crippen molar-refractivity contribution in [3.63, 3.8) is 0 Å². The summed E-state index contributed by atoms with van der Waals surface area (Å²) in [6.07, 6.45) is 3.77. The van der Waals surface area contributed by atoms with Crippen LogP contribution in [0.25, 0.3) is 0 Å². The third-order valence-electron chi connectivity index (χ3n) is 1.37. The highest BCUT2D eigenvalue weighted by molar-refractivity contribution is 5.30. The fourth-order valence-electron chi connectivity index (χ4n) is 0.616. The van der Waals surface area contributed by atoms with Crippen LogP contribution in [-0.2, 0) is 0 Å². The van der Waals surface area contributed by atoms with Crippen molar-refractivity contribution in [3.05, 3.63) is 35.6 Å². The van der Waals surface area contributed by atoms with Crippen LogP contribution in [0.5, 0.6) is 0 Å². The average Bonchev–Trinajstić information content (AvgIpc) is 1.85. The highest BCUT2D eigenvalue weighted by Crippen LogP contribution is 2.05. The fraction of sp³-hybridized carbons (Fsp3) is 0.333. The van der Waals surface area contributed by atoms with Crippen LogP contribution in [-0.4, -0.2) is 0 Å². The Bertz CT molecular complexity index is 181. The highest BCUT2D eigenvalue weighted by Gasteiger charge is 1.87. The molecule has 0 spiro atoms. The van der Waals surface area contributed by atoms with E-state index in [-0.39, 0.29) is 0 Å². The zero-order valence-electron chi connectivity index (χ0n) is 6.94. The number of rotatable bonds is 2. The molecule has 0 aromatic carbocycles. The molecule has 0 aliphatic rings. The zero-order chi connectivity index (χ0) is 8.15. The molecule has 0 radical (unpaired) electrons. The topological polar surface area (TPSA) is 26.0 Å². The van der Waals surface area contributed by atoms with Gasteiger partial charge in [-0.2, -0.15) is 0 Å². The van der Waals surface area contributed by atoms with Crippen LogP contribution in [0.2, 0.25) is 0 Å². The van der Waals surface area contributed by atoms with Crippen LogP contribution in [0.15, 0.2) is 35.6 Å². The van der Waals surface area contributed by atoms with Gasteiger partial charge in [0.2, 0.25) is 0 Å². The van der Waals surface area contributed by atoms with Crippen molar-refractivity contribution in [2.24, 2.45) is 5.73 Å². The molecule has 0 aromatic rings. The van der Waals surface area contributed by atoms with Crippen LogP contribution in [0.1, 0.15) is 20.8 Å². The van der Waals surface area contributed by atoms with Gasteiger partial charge in [-0.15, -0.1) is 0 Å². The van der Waals surface area contributed by atoms with Crippen LogP contribution < -0.4 is 5.73 Å². The number of hydrogen-bond donors (Lipinski definition) is 1. The maximum Gasteiger partial charge on any atom is 0.00516 e. The van der Waals surface area contributed by atoms with Crippen molar-refractivity contribution in [2.45, 2.75) is 20.8 Å². The Morgan fingerprint density at radius 3 is 2.00 bits per heavy atom. The summed E-state index contributed by atoms with van der Waals surface area (Å²) in [5.41, 5.74) is 8.66. The first kappa shape index (κ1) is 9.02. The quantitative estimate of drug-likeness (QED) is 0.581. The molecule has 0 saturated carbocycles. The SMILES string of the molecule is C=C/C(C)=C(C)\C=C(\C)N. The zero-order valence-corrected chi connectivity index (χ0v) is 6.94. The Hall–Kier alpha value is -0.980. The van der Waals surface area contributed by atoms with Gasteiger partial charge >= 0.3 is 0 Å². The molecule has 0 atom stereocenters. The van der Waals surface area contributed by atoms with E-state index in [1.807, 2.05) is 32.9 Å². The van der Waals surface area contributed by atoms with Crippen molar-refractivity contribution in [2.75, 3.05) is 0 Å². The molecule has 10 heavy (non-hydrogen) atoms. The minimum Gasteiger partial charge on any atom is -0.402 e. The van der Waals surface area contributed by atoms with Crippen molar-refractivity contribution in [1.82, 2.24) is 0 Å². The molecule has 1 nitrogen and oxygen atoms in total. The van der Waals surface area contributed by atoms with E-state index in [2.05, 4.69) is 6.58 Å². The molecular weight excluding hydrogens is 122 g/mol. The van der Waals surface area contributed by atoms with Gasteiger partial charge in [0.05, 0.1) is 0 Å². The molecule has 0 unspecified atom stereocenters. The molecular formula is C9H15N. The molecule has 0 saturated heterocycles. The van der Waals surface area contributed by atoms with Gasteiger partial charge in [0, 0.05) is 5.70 Å². The Kier molecular flexibility index (Phi) is 3.55. The van der Waals surface area contributed by atoms with Gasteiger partial charge in [0.25, 0.3) is 0 Å². The summed E-state index contributed by atoms with van der Waals surface area (Å²) in [6.45, 7) is 9.57. The van der Waals surface area contributed by atoms with Gasteiger partial charge in [0.1, 0.15) is 0 Å². The Morgan fingerprint density at radius 2 is 1.70 bits per heavy atom. The van der Waals surface area contributed by atoms with Crippen LogP contribution in [0.4, 0.5) is 0 Å². The minimum absolute atomic E-state index is 0.832. The summed E-state index contributed by atoms with van der Waals surface area (Å²) >= 11 is 0. The summed E-state index contributed by atoms with van der Waals surface area (Å²) < 4.78 is 0. The molecule has 0 heterocycles. The number of hydrogen-bond acceptors (Lipinski definition) is 1. The van der Waals surface area contributed by atoms with Gasteiger partial charge in [0.15, 0.2) is 0 Å². The summed E-state index contributed by atoms with van der Waals surface area (Å²) in [5, 5.41) is 0. The van der Waals surface area contributed by atoms with Crippen molar-refractivity contribution < 1.29 is 0 Å². The van der Waals surface area contributed by atoms with E-state index in [0.29, 0.717) is 0 Å². The lowest BCUT2D eigenvalue weighted by molar-refractivity contribution is 1.27. The van der Waals surface area contributed by atoms with Crippen molar-refractivity contribution in [1.29, 1.82) is 0 Å². The maximum absolute atomic E-state index is 5.48. The molecule has 0 rings (SSSR count). The normalized spacial score (nSPS) is 14.5. The molecule has 1 heteroatoms. The third kappa shape index (κ3) is 3.13. The molecule has 56 valence electrons. The molecule has 0 fully saturated rings. The Morgan fingerprint density at radius 1 is 1.20 bits per heavy atom. The first-order chi connectivity index (χ1) is 4.57. The maximum atomic E-state index is 5.48. The molecule has 0 aliphatic heterocycles. The molecule has 2 N–H and O–H groups in total. The monoisotopic (exact) mass is 137 g/mol. The smallest absolute Gasteiger partial charge is 0.00516 e. The minimum atomic E-state index is 0.832. The Balaban J connectivity index is 4.48. The summed E-state index contributed by atoms with van der Waals surface area (Å²) in [4.78, 5) is 0. The average molecular weight is 137 g/mol. The van der Waals surface area contributed by atoms with E-state index in [4.69, 9.17) is 5.73 Å². The summed E-state index contributed by atoms with van der Waals surface area (Å²) in [7, 11) is 0. The number of nitrogens with two attached hydrogens (primary N) is 1. The van der Waals surface area contributed by atoms with Gasteiger partial charge < -0.3 is 5.73 Å². The standard InChI is InChI=1S/C9H15N/c1-5-7(2)8(3)6-9(4)10/h5-6H,1,10H2,2-4H3/b8-7-,9-6-. The van der Waals surface area contributed by atoms with Crippen molar-refractivity contribution >= 4 is 0 Å². The van der Waals surface area contributed by atoms with E-state index in [1.165, 1.54) is 11.1 Å². The van der Waals surface area contributed by atoms with Gasteiger partial charge in [-0.1, -0.05) is 12.7 Å². The van der Waals surface area contributed by atoms with E-state index in [0.717, 1.165) is 5.70 Å².